The Morgan fingerprint density at radius 1 is 1.42 bits per heavy atom. The lowest BCUT2D eigenvalue weighted by Crippen LogP contribution is -2.49. The van der Waals surface area contributed by atoms with E-state index in [1.165, 1.54) is 6.42 Å². The Balaban J connectivity index is 2.00. The zero-order chi connectivity index (χ0) is 13.4. The summed E-state index contributed by atoms with van der Waals surface area (Å²) < 4.78 is 5.82. The number of benzene rings is 1. The van der Waals surface area contributed by atoms with Gasteiger partial charge in [0.05, 0.1) is 18.8 Å². The van der Waals surface area contributed by atoms with Gasteiger partial charge in [-0.05, 0) is 37.5 Å². The lowest BCUT2D eigenvalue weighted by molar-refractivity contribution is 0.0256. The summed E-state index contributed by atoms with van der Waals surface area (Å²) in [7, 11) is 0. The molecule has 0 spiro atoms. The van der Waals surface area contributed by atoms with Crippen molar-refractivity contribution in [1.82, 2.24) is 0 Å². The Bertz CT molecular complexity index is 505. The normalized spacial score (nSPS) is 26.3. The minimum atomic E-state index is 0.0905. The van der Waals surface area contributed by atoms with Gasteiger partial charge in [0.1, 0.15) is 5.84 Å². The number of nitrogens with one attached hydrogen (secondary N) is 1. The van der Waals surface area contributed by atoms with Gasteiger partial charge in [-0.2, -0.15) is 0 Å². The summed E-state index contributed by atoms with van der Waals surface area (Å²) in [6.07, 6.45) is 3.76. The lowest BCUT2D eigenvalue weighted by Gasteiger charge is -2.40. The quantitative estimate of drug-likeness (QED) is 0.645. The predicted octanol–water partition coefficient (Wildman–Crippen LogP) is 2.38. The second-order valence-corrected chi connectivity index (χ2v) is 5.61. The van der Waals surface area contributed by atoms with Crippen molar-refractivity contribution in [2.45, 2.75) is 31.4 Å². The van der Waals surface area contributed by atoms with Crippen molar-refractivity contribution in [2.24, 2.45) is 5.73 Å². The van der Waals surface area contributed by atoms with Crippen molar-refractivity contribution in [3.63, 3.8) is 0 Å². The van der Waals surface area contributed by atoms with Gasteiger partial charge >= 0.3 is 0 Å². The molecule has 19 heavy (non-hydrogen) atoms. The predicted molar refractivity (Wildman–Crippen MR) is 77.2 cm³/mol. The van der Waals surface area contributed by atoms with Crippen molar-refractivity contribution in [3.05, 3.63) is 28.8 Å². The summed E-state index contributed by atoms with van der Waals surface area (Å²) in [5.41, 5.74) is 7.42. The highest BCUT2D eigenvalue weighted by atomic mass is 35.5. The molecule has 1 saturated heterocycles. The van der Waals surface area contributed by atoms with E-state index in [9.17, 15) is 0 Å². The largest absolute Gasteiger partial charge is 0.384 e. The SMILES string of the molecule is N=C(N)c1ccc(Cl)cc1N1CCOC2CCCC21. The summed E-state index contributed by atoms with van der Waals surface area (Å²) in [4.78, 5) is 2.32. The van der Waals surface area contributed by atoms with Crippen LogP contribution in [0.5, 0.6) is 0 Å². The summed E-state index contributed by atoms with van der Waals surface area (Å²) in [5, 5.41) is 8.41. The maximum absolute atomic E-state index is 7.73. The maximum Gasteiger partial charge on any atom is 0.124 e. The van der Waals surface area contributed by atoms with E-state index in [4.69, 9.17) is 27.5 Å². The Hall–Kier alpha value is -1.26. The molecule has 1 aromatic rings. The molecule has 1 aliphatic carbocycles. The van der Waals surface area contributed by atoms with E-state index in [1.54, 1.807) is 6.07 Å². The number of nitrogen functional groups attached to an aromatic ring is 1. The molecule has 0 bridgehead atoms. The fourth-order valence-electron chi connectivity index (χ4n) is 3.19. The topological polar surface area (TPSA) is 62.3 Å². The van der Waals surface area contributed by atoms with E-state index in [-0.39, 0.29) is 5.84 Å². The molecule has 102 valence electrons. The standard InChI is InChI=1S/C14H18ClN3O/c15-9-4-5-10(14(16)17)12(8-9)18-6-7-19-13-3-1-2-11(13)18/h4-5,8,11,13H,1-3,6-7H2,(H3,16,17). The van der Waals surface area contributed by atoms with Gasteiger partial charge in [0, 0.05) is 22.8 Å². The van der Waals surface area contributed by atoms with Gasteiger partial charge in [0.25, 0.3) is 0 Å². The van der Waals surface area contributed by atoms with Gasteiger partial charge in [-0.25, -0.2) is 0 Å². The zero-order valence-corrected chi connectivity index (χ0v) is 11.5. The van der Waals surface area contributed by atoms with Gasteiger partial charge in [-0.3, -0.25) is 5.41 Å². The Kier molecular flexibility index (Phi) is 3.37. The Labute approximate surface area is 118 Å². The van der Waals surface area contributed by atoms with E-state index < -0.39 is 0 Å². The van der Waals surface area contributed by atoms with E-state index in [0.717, 1.165) is 37.2 Å². The first-order valence-electron chi connectivity index (χ1n) is 6.69. The molecular weight excluding hydrogens is 262 g/mol. The maximum atomic E-state index is 7.73. The van der Waals surface area contributed by atoms with Crippen molar-refractivity contribution in [2.75, 3.05) is 18.1 Å². The van der Waals surface area contributed by atoms with Crippen LogP contribution < -0.4 is 10.6 Å². The molecule has 2 atom stereocenters. The average molecular weight is 280 g/mol. The van der Waals surface area contributed by atoms with Crippen molar-refractivity contribution < 1.29 is 4.74 Å². The van der Waals surface area contributed by atoms with E-state index in [2.05, 4.69) is 4.90 Å². The third kappa shape index (κ3) is 2.30. The van der Waals surface area contributed by atoms with Crippen LogP contribution in [0.15, 0.2) is 18.2 Å². The molecule has 3 rings (SSSR count). The third-order valence-electron chi connectivity index (χ3n) is 4.04. The highest BCUT2D eigenvalue weighted by Gasteiger charge is 2.37. The highest BCUT2D eigenvalue weighted by Crippen LogP contribution is 2.35. The number of nitrogens with two attached hydrogens (primary N) is 1. The van der Waals surface area contributed by atoms with Crippen LogP contribution in [-0.2, 0) is 4.74 Å². The second kappa shape index (κ2) is 5.02. The molecule has 0 radical (unpaired) electrons. The lowest BCUT2D eigenvalue weighted by atomic mass is 10.1. The molecule has 1 aromatic carbocycles. The van der Waals surface area contributed by atoms with Crippen molar-refractivity contribution >= 4 is 23.1 Å². The molecule has 0 aromatic heterocycles. The fraction of sp³-hybridized carbons (Fsp3) is 0.500. The van der Waals surface area contributed by atoms with Crippen LogP contribution in [0.1, 0.15) is 24.8 Å². The molecule has 2 aliphatic rings. The summed E-state index contributed by atoms with van der Waals surface area (Å²) in [6.45, 7) is 1.56. The van der Waals surface area contributed by atoms with Crippen molar-refractivity contribution in [1.29, 1.82) is 5.41 Å². The molecule has 1 aliphatic heterocycles. The number of rotatable bonds is 2. The number of morpholine rings is 1. The minimum Gasteiger partial charge on any atom is -0.384 e. The minimum absolute atomic E-state index is 0.0905. The highest BCUT2D eigenvalue weighted by molar-refractivity contribution is 6.31. The van der Waals surface area contributed by atoms with E-state index in [1.807, 2.05) is 12.1 Å². The second-order valence-electron chi connectivity index (χ2n) is 5.18. The number of fused-ring (bicyclic) bond motifs is 1. The molecule has 0 amide bonds. The monoisotopic (exact) mass is 279 g/mol. The molecule has 3 N–H and O–H groups in total. The van der Waals surface area contributed by atoms with Crippen molar-refractivity contribution in [3.8, 4) is 0 Å². The number of nitrogens with zero attached hydrogens (tertiary/aromatic N) is 1. The van der Waals surface area contributed by atoms with Crippen LogP contribution in [0.3, 0.4) is 0 Å². The summed E-state index contributed by atoms with van der Waals surface area (Å²) in [6, 6.07) is 5.93. The third-order valence-corrected chi connectivity index (χ3v) is 4.28. The molecule has 2 unspecified atom stereocenters. The number of hydrogen-bond donors (Lipinski definition) is 2. The Morgan fingerprint density at radius 2 is 2.26 bits per heavy atom. The first-order valence-corrected chi connectivity index (χ1v) is 7.07. The zero-order valence-electron chi connectivity index (χ0n) is 10.7. The molecule has 5 heteroatoms. The Morgan fingerprint density at radius 3 is 3.05 bits per heavy atom. The van der Waals surface area contributed by atoms with Crippen LogP contribution in [0.4, 0.5) is 5.69 Å². The first-order chi connectivity index (χ1) is 9.16. The van der Waals surface area contributed by atoms with E-state index in [0.29, 0.717) is 17.2 Å². The number of anilines is 1. The molecule has 1 saturated carbocycles. The van der Waals surface area contributed by atoms with Crippen LogP contribution in [-0.4, -0.2) is 31.1 Å². The molecule has 2 fully saturated rings. The average Bonchev–Trinajstić information content (AvgIpc) is 2.86. The number of hydrogen-bond acceptors (Lipinski definition) is 3. The number of amidine groups is 1. The number of halogens is 1. The van der Waals surface area contributed by atoms with Gasteiger partial charge < -0.3 is 15.4 Å². The summed E-state index contributed by atoms with van der Waals surface area (Å²) >= 11 is 6.11. The van der Waals surface area contributed by atoms with Gasteiger partial charge in [0.2, 0.25) is 0 Å². The smallest absolute Gasteiger partial charge is 0.124 e. The van der Waals surface area contributed by atoms with Gasteiger partial charge in [-0.15, -0.1) is 0 Å². The van der Waals surface area contributed by atoms with Crippen LogP contribution in [0.25, 0.3) is 0 Å². The molecule has 4 nitrogen and oxygen atoms in total. The van der Waals surface area contributed by atoms with Gasteiger partial charge in [0.15, 0.2) is 0 Å². The molecular formula is C14H18ClN3O. The van der Waals surface area contributed by atoms with Gasteiger partial charge in [-0.1, -0.05) is 11.6 Å². The first kappa shape index (κ1) is 12.8. The number of ether oxygens (including phenoxy) is 1. The summed E-state index contributed by atoms with van der Waals surface area (Å²) in [5.74, 6) is 0.0905. The van der Waals surface area contributed by atoms with Crippen LogP contribution >= 0.6 is 11.6 Å². The van der Waals surface area contributed by atoms with Crippen LogP contribution in [0, 0.1) is 5.41 Å². The molecule has 1 heterocycles. The fourth-order valence-corrected chi connectivity index (χ4v) is 3.36. The van der Waals surface area contributed by atoms with E-state index >= 15 is 0 Å². The van der Waals surface area contributed by atoms with Crippen LogP contribution in [0.2, 0.25) is 5.02 Å².